The van der Waals surface area contributed by atoms with Gasteiger partial charge in [-0.3, -0.25) is 4.99 Å². The van der Waals surface area contributed by atoms with E-state index in [0.717, 1.165) is 5.69 Å². The molecule has 0 radical (unpaired) electrons. The van der Waals surface area contributed by atoms with E-state index in [9.17, 15) is 0 Å². The fourth-order valence-electron chi connectivity index (χ4n) is 0.617. The number of aromatic nitrogens is 2. The van der Waals surface area contributed by atoms with Gasteiger partial charge in [0.15, 0.2) is 0 Å². The molecule has 1 aromatic rings. The molecule has 1 rings (SSSR count). The van der Waals surface area contributed by atoms with Gasteiger partial charge in [-0.1, -0.05) is 0 Å². The zero-order valence-electron chi connectivity index (χ0n) is 6.36. The van der Waals surface area contributed by atoms with Gasteiger partial charge in [-0.25, -0.2) is 9.97 Å². The second kappa shape index (κ2) is 3.65. The van der Waals surface area contributed by atoms with Crippen molar-refractivity contribution < 1.29 is 0 Å². The van der Waals surface area contributed by atoms with Crippen molar-refractivity contribution in [3.05, 3.63) is 24.3 Å². The summed E-state index contributed by atoms with van der Waals surface area (Å²) in [6, 6.07) is 1.81. The van der Waals surface area contributed by atoms with Crippen LogP contribution in [0.2, 0.25) is 0 Å². The number of aliphatic imine (C=N–C) groups is 1. The molecule has 1 heterocycles. The summed E-state index contributed by atoms with van der Waals surface area (Å²) in [5.41, 5.74) is 6.23. The minimum Gasteiger partial charge on any atom is -0.388 e. The Kier molecular flexibility index (Phi) is 2.54. The number of hydrogen-bond donors (Lipinski definition) is 1. The van der Waals surface area contributed by atoms with E-state index in [1.807, 2.05) is 6.07 Å². The van der Waals surface area contributed by atoms with Crippen molar-refractivity contribution in [2.45, 2.75) is 13.5 Å². The fourth-order valence-corrected chi connectivity index (χ4v) is 0.617. The van der Waals surface area contributed by atoms with Crippen molar-refractivity contribution in [1.82, 2.24) is 9.97 Å². The van der Waals surface area contributed by atoms with Crippen molar-refractivity contribution in [3.8, 4) is 0 Å². The lowest BCUT2D eigenvalue weighted by atomic mass is 10.4. The van der Waals surface area contributed by atoms with Gasteiger partial charge in [0.2, 0.25) is 0 Å². The molecule has 4 nitrogen and oxygen atoms in total. The second-order valence-corrected chi connectivity index (χ2v) is 2.16. The van der Waals surface area contributed by atoms with E-state index in [-0.39, 0.29) is 0 Å². The first-order valence-corrected chi connectivity index (χ1v) is 3.30. The molecule has 0 aliphatic heterocycles. The topological polar surface area (TPSA) is 64.2 Å². The first-order valence-electron chi connectivity index (χ1n) is 3.30. The third-order valence-corrected chi connectivity index (χ3v) is 1.13. The molecule has 0 fully saturated rings. The average molecular weight is 150 g/mol. The van der Waals surface area contributed by atoms with Gasteiger partial charge in [0.05, 0.1) is 18.1 Å². The molecule has 0 amide bonds. The molecule has 0 saturated carbocycles. The molecule has 11 heavy (non-hydrogen) atoms. The van der Waals surface area contributed by atoms with E-state index >= 15 is 0 Å². The van der Waals surface area contributed by atoms with Crippen LogP contribution >= 0.6 is 0 Å². The minimum atomic E-state index is 0.533. The van der Waals surface area contributed by atoms with Gasteiger partial charge in [0.25, 0.3) is 0 Å². The summed E-state index contributed by atoms with van der Waals surface area (Å²) in [5.74, 6) is 0.573. The molecule has 0 atom stereocenters. The summed E-state index contributed by atoms with van der Waals surface area (Å²) in [7, 11) is 0. The molecule has 0 saturated heterocycles. The Hall–Kier alpha value is -1.45. The SMILES string of the molecule is CC(N)=NCc1ccncn1. The van der Waals surface area contributed by atoms with E-state index in [1.54, 1.807) is 13.1 Å². The van der Waals surface area contributed by atoms with Crippen molar-refractivity contribution >= 4 is 5.84 Å². The molecule has 0 unspecified atom stereocenters. The largest absolute Gasteiger partial charge is 0.388 e. The maximum atomic E-state index is 5.35. The summed E-state index contributed by atoms with van der Waals surface area (Å²) in [6.45, 7) is 2.28. The summed E-state index contributed by atoms with van der Waals surface area (Å²) in [5, 5.41) is 0. The number of nitrogens with zero attached hydrogens (tertiary/aromatic N) is 3. The molecular weight excluding hydrogens is 140 g/mol. The van der Waals surface area contributed by atoms with Crippen LogP contribution in [0.15, 0.2) is 23.6 Å². The lowest BCUT2D eigenvalue weighted by Crippen LogP contribution is -2.05. The molecule has 2 N–H and O–H groups in total. The molecule has 0 aliphatic rings. The maximum absolute atomic E-state index is 5.35. The fraction of sp³-hybridized carbons (Fsp3) is 0.286. The highest BCUT2D eigenvalue weighted by Gasteiger charge is 1.88. The van der Waals surface area contributed by atoms with Gasteiger partial charge < -0.3 is 5.73 Å². The highest BCUT2D eigenvalue weighted by molar-refractivity contribution is 5.77. The van der Waals surface area contributed by atoms with Crippen LogP contribution in [0.25, 0.3) is 0 Å². The highest BCUT2D eigenvalue weighted by Crippen LogP contribution is 1.92. The van der Waals surface area contributed by atoms with E-state index in [0.29, 0.717) is 12.4 Å². The van der Waals surface area contributed by atoms with Crippen LogP contribution in [0, 0.1) is 0 Å². The van der Waals surface area contributed by atoms with Crippen LogP contribution in [0.4, 0.5) is 0 Å². The average Bonchev–Trinajstić information content (AvgIpc) is 2.03. The molecule has 0 bridgehead atoms. The van der Waals surface area contributed by atoms with Gasteiger partial charge in [0.1, 0.15) is 6.33 Å². The number of rotatable bonds is 2. The van der Waals surface area contributed by atoms with Crippen molar-refractivity contribution in [2.75, 3.05) is 0 Å². The summed E-state index contributed by atoms with van der Waals surface area (Å²) < 4.78 is 0. The highest BCUT2D eigenvalue weighted by atomic mass is 14.9. The van der Waals surface area contributed by atoms with Crippen LogP contribution in [0.5, 0.6) is 0 Å². The quantitative estimate of drug-likeness (QED) is 0.489. The standard InChI is InChI=1S/C7H10N4/c1-6(8)10-4-7-2-3-9-5-11-7/h2-3,5H,4H2,1H3,(H2,8,10). The Morgan fingerprint density at radius 2 is 2.55 bits per heavy atom. The molecule has 1 aromatic heterocycles. The van der Waals surface area contributed by atoms with Crippen molar-refractivity contribution in [2.24, 2.45) is 10.7 Å². The lowest BCUT2D eigenvalue weighted by molar-refractivity contribution is 0.959. The minimum absolute atomic E-state index is 0.533. The summed E-state index contributed by atoms with van der Waals surface area (Å²) >= 11 is 0. The molecule has 0 aliphatic carbocycles. The Labute approximate surface area is 65.2 Å². The predicted molar refractivity (Wildman–Crippen MR) is 43.0 cm³/mol. The summed E-state index contributed by atoms with van der Waals surface area (Å²) in [4.78, 5) is 11.8. The monoisotopic (exact) mass is 150 g/mol. The second-order valence-electron chi connectivity index (χ2n) is 2.16. The van der Waals surface area contributed by atoms with Gasteiger partial charge >= 0.3 is 0 Å². The number of hydrogen-bond acceptors (Lipinski definition) is 3. The van der Waals surface area contributed by atoms with Crippen LogP contribution < -0.4 is 5.73 Å². The molecular formula is C7H10N4. The molecule has 58 valence electrons. The normalized spacial score (nSPS) is 11.5. The third-order valence-electron chi connectivity index (χ3n) is 1.13. The molecule has 4 heteroatoms. The predicted octanol–water partition coefficient (Wildman–Crippen LogP) is 0.354. The van der Waals surface area contributed by atoms with Crippen LogP contribution in [0.3, 0.4) is 0 Å². The van der Waals surface area contributed by atoms with E-state index in [2.05, 4.69) is 15.0 Å². The van der Waals surface area contributed by atoms with Crippen LogP contribution in [0.1, 0.15) is 12.6 Å². The van der Waals surface area contributed by atoms with E-state index in [4.69, 9.17) is 5.73 Å². The zero-order valence-corrected chi connectivity index (χ0v) is 6.36. The number of amidine groups is 1. The van der Waals surface area contributed by atoms with Gasteiger partial charge in [-0.05, 0) is 13.0 Å². The molecule has 0 aromatic carbocycles. The van der Waals surface area contributed by atoms with E-state index in [1.165, 1.54) is 6.33 Å². The first-order chi connectivity index (χ1) is 5.29. The summed E-state index contributed by atoms with van der Waals surface area (Å²) in [6.07, 6.45) is 3.18. The van der Waals surface area contributed by atoms with Crippen LogP contribution in [-0.4, -0.2) is 15.8 Å². The Morgan fingerprint density at radius 3 is 3.09 bits per heavy atom. The Bertz CT molecular complexity index is 238. The zero-order chi connectivity index (χ0) is 8.10. The Balaban J connectivity index is 2.59. The Morgan fingerprint density at radius 1 is 1.73 bits per heavy atom. The van der Waals surface area contributed by atoms with Gasteiger partial charge in [0, 0.05) is 6.20 Å². The smallest absolute Gasteiger partial charge is 0.115 e. The molecule has 0 spiro atoms. The first kappa shape index (κ1) is 7.65. The van der Waals surface area contributed by atoms with Gasteiger partial charge in [-0.15, -0.1) is 0 Å². The van der Waals surface area contributed by atoms with Crippen molar-refractivity contribution in [1.29, 1.82) is 0 Å². The van der Waals surface area contributed by atoms with Crippen LogP contribution in [-0.2, 0) is 6.54 Å². The van der Waals surface area contributed by atoms with Crippen molar-refractivity contribution in [3.63, 3.8) is 0 Å². The third kappa shape index (κ3) is 2.75. The number of nitrogens with two attached hydrogens (primary N) is 1. The van der Waals surface area contributed by atoms with Gasteiger partial charge in [-0.2, -0.15) is 0 Å². The lowest BCUT2D eigenvalue weighted by Gasteiger charge is -1.93. The maximum Gasteiger partial charge on any atom is 0.115 e. The van der Waals surface area contributed by atoms with E-state index < -0.39 is 0 Å².